The normalized spacial score (nSPS) is 40.6. The number of ether oxygens (including phenoxy) is 6. The summed E-state index contributed by atoms with van der Waals surface area (Å²) in [4.78, 5) is 18.6. The molecule has 16 nitrogen and oxygen atoms in total. The topological polar surface area (TPSA) is 204 Å². The molecule has 7 N–H and O–H groups in total. The lowest BCUT2D eigenvalue weighted by molar-refractivity contribution is -0.318. The molecule has 0 saturated carbocycles. The number of benzene rings is 2. The van der Waals surface area contributed by atoms with Gasteiger partial charge in [0.1, 0.15) is 30.0 Å². The fraction of sp³-hybridized carbons (Fsp3) is 0.765. The minimum Gasteiger partial charge on any atom is -0.459 e. The Morgan fingerprint density at radius 1 is 0.941 bits per heavy atom. The van der Waals surface area contributed by atoms with Crippen molar-refractivity contribution in [1.82, 2.24) is 15.1 Å². The molecule has 68 heavy (non-hydrogen) atoms. The molecule has 5 rings (SSSR count). The van der Waals surface area contributed by atoms with Gasteiger partial charge in [-0.25, -0.2) is 0 Å². The number of anilines is 1. The number of nitrogens with one attached hydrogen (secondary N) is 2. The van der Waals surface area contributed by atoms with Gasteiger partial charge in [-0.2, -0.15) is 0 Å². The summed E-state index contributed by atoms with van der Waals surface area (Å²) in [7, 11) is 5.29. The monoisotopic (exact) mass is 977 g/mol. The van der Waals surface area contributed by atoms with E-state index in [9.17, 15) is 30.3 Å². The molecule has 0 bridgehead atoms. The van der Waals surface area contributed by atoms with E-state index < -0.39 is 96.0 Å². The van der Waals surface area contributed by atoms with Crippen LogP contribution in [-0.4, -0.2) is 178 Å². The van der Waals surface area contributed by atoms with Gasteiger partial charge in [0.2, 0.25) is 0 Å². The van der Waals surface area contributed by atoms with Crippen molar-refractivity contribution < 1.29 is 58.7 Å². The fourth-order valence-electron chi connectivity index (χ4n) is 10.9. The van der Waals surface area contributed by atoms with Crippen LogP contribution in [0.2, 0.25) is 0 Å². The van der Waals surface area contributed by atoms with E-state index in [2.05, 4.69) is 15.5 Å². The highest BCUT2D eigenvalue weighted by molar-refractivity contribution is 7.80. The molecule has 18 atom stereocenters. The van der Waals surface area contributed by atoms with Crippen molar-refractivity contribution in [3.8, 4) is 0 Å². The number of rotatable bonds is 12. The van der Waals surface area contributed by atoms with Crippen LogP contribution < -0.4 is 10.6 Å². The lowest BCUT2D eigenvalue weighted by Crippen LogP contribution is -2.60. The second-order valence-corrected chi connectivity index (χ2v) is 21.4. The van der Waals surface area contributed by atoms with E-state index in [-0.39, 0.29) is 37.3 Å². The summed E-state index contributed by atoms with van der Waals surface area (Å²) in [6.07, 6.45) is -8.19. The second-order valence-electron chi connectivity index (χ2n) is 21.0. The average molecular weight is 977 g/mol. The molecule has 3 aliphatic rings. The first-order chi connectivity index (χ1) is 31.8. The summed E-state index contributed by atoms with van der Waals surface area (Å²) >= 11 is 5.71. The van der Waals surface area contributed by atoms with E-state index >= 15 is 0 Å². The number of nitrogens with zero attached hydrogens (tertiary/aromatic N) is 2. The maximum Gasteiger partial charge on any atom is 0.311 e. The molecule has 17 heteroatoms. The summed E-state index contributed by atoms with van der Waals surface area (Å²) in [6.45, 7) is 19.1. The van der Waals surface area contributed by atoms with E-state index in [0.29, 0.717) is 37.6 Å². The van der Waals surface area contributed by atoms with Gasteiger partial charge in [-0.3, -0.25) is 9.69 Å². The number of cyclic esters (lactones) is 1. The molecule has 3 fully saturated rings. The lowest BCUT2D eigenvalue weighted by atomic mass is 9.77. The number of hydrogen-bond donors (Lipinski definition) is 7. The Hall–Kier alpha value is -2.62. The van der Waals surface area contributed by atoms with Crippen LogP contribution in [0.25, 0.3) is 10.8 Å². The van der Waals surface area contributed by atoms with Crippen molar-refractivity contribution in [2.24, 2.45) is 17.8 Å². The van der Waals surface area contributed by atoms with Crippen LogP contribution in [0.15, 0.2) is 42.5 Å². The van der Waals surface area contributed by atoms with E-state index in [1.165, 1.54) is 14.0 Å². The highest BCUT2D eigenvalue weighted by atomic mass is 32.1. The smallest absolute Gasteiger partial charge is 0.311 e. The number of methoxy groups -OCH3 is 1. The maximum atomic E-state index is 14.6. The summed E-state index contributed by atoms with van der Waals surface area (Å²) in [5.41, 5.74) is -3.68. The van der Waals surface area contributed by atoms with Crippen molar-refractivity contribution in [1.29, 1.82) is 0 Å². The Morgan fingerprint density at radius 2 is 1.62 bits per heavy atom. The number of thiocarbonyl (C=S) groups is 1. The van der Waals surface area contributed by atoms with Crippen LogP contribution in [-0.2, 0) is 33.2 Å². The molecule has 386 valence electrons. The third-order valence-corrected chi connectivity index (χ3v) is 15.2. The number of carbonyl (C=O) groups is 1. The number of esters is 1. The third-order valence-electron chi connectivity index (χ3n) is 15.0. The largest absolute Gasteiger partial charge is 0.459 e. The minimum absolute atomic E-state index is 0.111. The molecule has 0 amide bonds. The van der Waals surface area contributed by atoms with Gasteiger partial charge in [0.05, 0.1) is 41.5 Å². The Labute approximate surface area is 410 Å². The van der Waals surface area contributed by atoms with E-state index in [1.54, 1.807) is 34.6 Å². The van der Waals surface area contributed by atoms with Crippen molar-refractivity contribution in [3.05, 3.63) is 42.5 Å². The number of aliphatic hydroxyl groups is 5. The molecule has 2 aromatic rings. The first-order valence-corrected chi connectivity index (χ1v) is 25.0. The first kappa shape index (κ1) is 56.3. The molecular weight excluding hydrogens is 893 g/mol. The summed E-state index contributed by atoms with van der Waals surface area (Å²) in [5, 5.41) is 69.4. The van der Waals surface area contributed by atoms with Gasteiger partial charge in [-0.15, -0.1) is 0 Å². The predicted molar refractivity (Wildman–Crippen MR) is 266 cm³/mol. The van der Waals surface area contributed by atoms with E-state index in [0.717, 1.165) is 16.5 Å². The standard InChI is InChI=1S/C51H84N4O12S/c1-14-39-51(10,61)43(57)33(6)55(24-18-23-52-48(68)53-37-22-17-20-35-19-15-16-21-36(35)37)28-29(2)26-49(8,60)45(67-47-41(56)38(54(11)12)25-30(3)63-47)31(4)42(32(5)46(59)65-39)66-40-27-50(9,62-13)44(58)34(7)64-40/h15-17,19-22,29-34,38-45,47,56-58,60-61H,14,18,23-28H2,1-13H3,(H2,52,53,68)/t29-,30-,31+,32-,33-,34+,38+,39-,40-,41-,42+,43-,44+,45-,47+,49-,50-,51-/m1/s1. The molecule has 2 aromatic carbocycles. The van der Waals surface area contributed by atoms with Crippen LogP contribution >= 0.6 is 12.2 Å². The zero-order valence-corrected chi connectivity index (χ0v) is 43.6. The van der Waals surface area contributed by atoms with Crippen LogP contribution in [0.5, 0.6) is 0 Å². The Balaban J connectivity index is 1.48. The number of hydrogen-bond acceptors (Lipinski definition) is 15. The molecule has 0 aromatic heterocycles. The summed E-state index contributed by atoms with van der Waals surface area (Å²) < 4.78 is 38.2. The molecule has 3 saturated heterocycles. The van der Waals surface area contributed by atoms with Crippen LogP contribution in [0, 0.1) is 17.8 Å². The fourth-order valence-corrected chi connectivity index (χ4v) is 11.1. The highest BCUT2D eigenvalue weighted by Gasteiger charge is 2.53. The second kappa shape index (κ2) is 23.7. The van der Waals surface area contributed by atoms with Gasteiger partial charge < -0.3 is 69.5 Å². The van der Waals surface area contributed by atoms with Gasteiger partial charge in [0.25, 0.3) is 0 Å². The molecule has 0 radical (unpaired) electrons. The quantitative estimate of drug-likeness (QED) is 0.0868. The number of fused-ring (bicyclic) bond motifs is 1. The summed E-state index contributed by atoms with van der Waals surface area (Å²) in [6, 6.07) is 13.1. The Kier molecular flexibility index (Phi) is 19.7. The van der Waals surface area contributed by atoms with Gasteiger partial charge in [-0.05, 0) is 118 Å². The molecular formula is C51H84N4O12S. The molecule has 0 unspecified atom stereocenters. The Bertz CT molecular complexity index is 1940. The van der Waals surface area contributed by atoms with Crippen molar-refractivity contribution >= 4 is 39.8 Å². The molecule has 3 aliphatic heterocycles. The van der Waals surface area contributed by atoms with Gasteiger partial charge in [-0.1, -0.05) is 57.2 Å². The zero-order valence-electron chi connectivity index (χ0n) is 42.8. The van der Waals surface area contributed by atoms with Crippen LogP contribution in [0.3, 0.4) is 0 Å². The van der Waals surface area contributed by atoms with Crippen LogP contribution in [0.4, 0.5) is 5.69 Å². The van der Waals surface area contributed by atoms with E-state index in [1.807, 2.05) is 89.2 Å². The maximum absolute atomic E-state index is 14.6. The van der Waals surface area contributed by atoms with Crippen molar-refractivity contribution in [3.63, 3.8) is 0 Å². The number of likely N-dealkylation sites (N-methyl/N-ethyl adjacent to an activating group) is 1. The predicted octanol–water partition coefficient (Wildman–Crippen LogP) is 4.80. The number of aliphatic hydroxyl groups excluding tert-OH is 3. The Morgan fingerprint density at radius 3 is 2.28 bits per heavy atom. The van der Waals surface area contributed by atoms with Crippen molar-refractivity contribution in [2.45, 2.75) is 192 Å². The third kappa shape index (κ3) is 13.3. The highest BCUT2D eigenvalue weighted by Crippen LogP contribution is 2.40. The van der Waals surface area contributed by atoms with E-state index in [4.69, 9.17) is 40.6 Å². The summed E-state index contributed by atoms with van der Waals surface area (Å²) in [5.74, 6) is -2.79. The van der Waals surface area contributed by atoms with Crippen LogP contribution in [0.1, 0.15) is 101 Å². The minimum atomic E-state index is -1.89. The van der Waals surface area contributed by atoms with Crippen molar-refractivity contribution in [2.75, 3.05) is 46.2 Å². The SMILES string of the molecule is CC[C@H]1OC(=O)[C@H](C)[C@@H](O[C@@H]2C[C@@](C)(OC)[C@@H](O)[C@H](C)O2)[C@H](C)[C@@H](O[C@@H]2O[C@H](C)C[C@H](N(C)C)[C@H]2O)[C@](C)(O)C[C@@H](C)CN(CCCNC(=S)Nc2cccc3ccccc23)[C@H](C)[C@@H](O)[C@]1(C)O. The lowest BCUT2D eigenvalue weighted by Gasteiger charge is -2.48. The zero-order chi connectivity index (χ0) is 50.5. The van der Waals surface area contributed by atoms with Gasteiger partial charge in [0, 0.05) is 62.2 Å². The number of carbonyl (C=O) groups excluding carboxylic acids is 1. The molecule has 0 aliphatic carbocycles. The average Bonchev–Trinajstić information content (AvgIpc) is 3.28. The van der Waals surface area contributed by atoms with Gasteiger partial charge in [0.15, 0.2) is 17.7 Å². The first-order valence-electron chi connectivity index (χ1n) is 24.6. The van der Waals surface area contributed by atoms with Gasteiger partial charge >= 0.3 is 5.97 Å². The molecule has 3 heterocycles. The molecule has 0 spiro atoms.